The largest absolute Gasteiger partial charge is 0.346 e. The van der Waals surface area contributed by atoms with Crippen LogP contribution in [0, 0.1) is 13.8 Å². The Balaban J connectivity index is 1.68. The fraction of sp³-hybridized carbons (Fsp3) is 0.190. The molecule has 0 unspecified atom stereocenters. The van der Waals surface area contributed by atoms with E-state index in [0.29, 0.717) is 11.3 Å². The SMILES string of the molecule is Cc1ccc([C@H](C)NC(=O)c2ccc(NS(=O)(=O)c3cccs3)cc2)c(C)c1. The van der Waals surface area contributed by atoms with Gasteiger partial charge in [0.25, 0.3) is 15.9 Å². The molecule has 7 heteroatoms. The van der Waals surface area contributed by atoms with Crippen molar-refractivity contribution < 1.29 is 13.2 Å². The Labute approximate surface area is 169 Å². The number of hydrogen-bond donors (Lipinski definition) is 2. The van der Waals surface area contributed by atoms with Crippen LogP contribution in [-0.4, -0.2) is 14.3 Å². The average Bonchev–Trinajstić information content (AvgIpc) is 3.17. The van der Waals surface area contributed by atoms with Crippen molar-refractivity contribution in [3.63, 3.8) is 0 Å². The van der Waals surface area contributed by atoms with E-state index < -0.39 is 10.0 Å². The molecule has 1 aromatic heterocycles. The summed E-state index contributed by atoms with van der Waals surface area (Å²) in [7, 11) is -3.60. The molecule has 28 heavy (non-hydrogen) atoms. The van der Waals surface area contributed by atoms with Gasteiger partial charge in [0, 0.05) is 11.3 Å². The highest BCUT2D eigenvalue weighted by atomic mass is 32.2. The van der Waals surface area contributed by atoms with Crippen molar-refractivity contribution in [1.82, 2.24) is 5.32 Å². The number of sulfonamides is 1. The van der Waals surface area contributed by atoms with Gasteiger partial charge in [0.2, 0.25) is 0 Å². The molecule has 3 aromatic rings. The molecule has 0 spiro atoms. The van der Waals surface area contributed by atoms with Gasteiger partial charge in [0.05, 0.1) is 6.04 Å². The number of anilines is 1. The Bertz CT molecular complexity index is 1070. The van der Waals surface area contributed by atoms with E-state index in [-0.39, 0.29) is 16.2 Å². The van der Waals surface area contributed by atoms with Crippen LogP contribution in [0.2, 0.25) is 0 Å². The summed E-state index contributed by atoms with van der Waals surface area (Å²) in [5.74, 6) is -0.208. The summed E-state index contributed by atoms with van der Waals surface area (Å²) < 4.78 is 27.3. The number of hydrogen-bond acceptors (Lipinski definition) is 4. The van der Waals surface area contributed by atoms with Crippen molar-refractivity contribution in [2.75, 3.05) is 4.72 Å². The van der Waals surface area contributed by atoms with Crippen molar-refractivity contribution in [3.8, 4) is 0 Å². The molecule has 146 valence electrons. The number of aryl methyl sites for hydroxylation is 2. The highest BCUT2D eigenvalue weighted by Gasteiger charge is 2.16. The summed E-state index contributed by atoms with van der Waals surface area (Å²) in [4.78, 5) is 12.5. The standard InChI is InChI=1S/C21H22N2O3S2/c1-14-6-11-19(15(2)13-14)16(3)22-21(24)17-7-9-18(10-8-17)23-28(25,26)20-5-4-12-27-20/h4-13,16,23H,1-3H3,(H,22,24)/t16-/m0/s1. The monoisotopic (exact) mass is 414 g/mol. The molecule has 1 amide bonds. The summed E-state index contributed by atoms with van der Waals surface area (Å²) >= 11 is 1.15. The van der Waals surface area contributed by atoms with Crippen molar-refractivity contribution >= 4 is 33.0 Å². The van der Waals surface area contributed by atoms with Crippen molar-refractivity contribution in [1.29, 1.82) is 0 Å². The molecule has 3 rings (SSSR count). The quantitative estimate of drug-likeness (QED) is 0.616. The molecule has 2 aromatic carbocycles. The van der Waals surface area contributed by atoms with Gasteiger partial charge in [-0.25, -0.2) is 8.42 Å². The van der Waals surface area contributed by atoms with E-state index in [1.54, 1.807) is 41.8 Å². The van der Waals surface area contributed by atoms with Crippen molar-refractivity contribution in [2.24, 2.45) is 0 Å². The summed E-state index contributed by atoms with van der Waals surface area (Å²) in [6.45, 7) is 6.01. The zero-order valence-electron chi connectivity index (χ0n) is 15.9. The smallest absolute Gasteiger partial charge is 0.271 e. The van der Waals surface area contributed by atoms with Gasteiger partial charge < -0.3 is 5.32 Å². The van der Waals surface area contributed by atoms with Gasteiger partial charge in [0.15, 0.2) is 0 Å². The van der Waals surface area contributed by atoms with Crippen LogP contribution in [0.1, 0.15) is 40.0 Å². The Hall–Kier alpha value is -2.64. The van der Waals surface area contributed by atoms with Gasteiger partial charge in [-0.15, -0.1) is 11.3 Å². The van der Waals surface area contributed by atoms with E-state index in [1.807, 2.05) is 32.9 Å². The van der Waals surface area contributed by atoms with Crippen LogP contribution < -0.4 is 10.0 Å². The average molecular weight is 415 g/mol. The summed E-state index contributed by atoms with van der Waals surface area (Å²) in [6.07, 6.45) is 0. The summed E-state index contributed by atoms with van der Waals surface area (Å²) in [6, 6.07) is 15.6. The molecule has 0 aliphatic carbocycles. The number of carbonyl (C=O) groups excluding carboxylic acids is 1. The normalized spacial score (nSPS) is 12.4. The first-order valence-corrected chi connectivity index (χ1v) is 11.2. The lowest BCUT2D eigenvalue weighted by atomic mass is 10.00. The molecular weight excluding hydrogens is 392 g/mol. The molecular formula is C21H22N2O3S2. The molecule has 5 nitrogen and oxygen atoms in total. The third kappa shape index (κ3) is 4.61. The minimum absolute atomic E-state index is 0.134. The third-order valence-electron chi connectivity index (χ3n) is 4.40. The van der Waals surface area contributed by atoms with E-state index in [2.05, 4.69) is 16.1 Å². The minimum atomic E-state index is -3.60. The second-order valence-electron chi connectivity index (χ2n) is 6.67. The number of benzene rings is 2. The number of thiophene rings is 1. The Morgan fingerprint density at radius 3 is 2.36 bits per heavy atom. The first kappa shape index (κ1) is 20.1. The van der Waals surface area contributed by atoms with E-state index >= 15 is 0 Å². The second-order valence-corrected chi connectivity index (χ2v) is 9.53. The lowest BCUT2D eigenvalue weighted by molar-refractivity contribution is 0.0940. The van der Waals surface area contributed by atoms with Crippen LogP contribution in [0.5, 0.6) is 0 Å². The van der Waals surface area contributed by atoms with Crippen LogP contribution in [0.3, 0.4) is 0 Å². The Morgan fingerprint density at radius 1 is 1.04 bits per heavy atom. The Morgan fingerprint density at radius 2 is 1.75 bits per heavy atom. The topological polar surface area (TPSA) is 75.3 Å². The second kappa shape index (κ2) is 8.16. The summed E-state index contributed by atoms with van der Waals surface area (Å²) in [5, 5.41) is 4.69. The van der Waals surface area contributed by atoms with Gasteiger partial charge in [-0.3, -0.25) is 9.52 Å². The maximum atomic E-state index is 12.5. The molecule has 2 N–H and O–H groups in total. The van der Waals surface area contributed by atoms with Crippen LogP contribution in [0.15, 0.2) is 64.2 Å². The van der Waals surface area contributed by atoms with E-state index in [0.717, 1.165) is 22.5 Å². The van der Waals surface area contributed by atoms with Gasteiger partial charge in [-0.1, -0.05) is 29.8 Å². The lowest BCUT2D eigenvalue weighted by Gasteiger charge is -2.17. The molecule has 1 atom stereocenters. The number of nitrogens with one attached hydrogen (secondary N) is 2. The molecule has 0 aliphatic heterocycles. The number of carbonyl (C=O) groups is 1. The molecule has 0 saturated carbocycles. The zero-order valence-corrected chi connectivity index (χ0v) is 17.5. The zero-order chi connectivity index (χ0) is 20.3. The Kier molecular flexibility index (Phi) is 5.86. The van der Waals surface area contributed by atoms with E-state index in [9.17, 15) is 13.2 Å². The molecule has 0 aliphatic rings. The van der Waals surface area contributed by atoms with Crippen LogP contribution in [-0.2, 0) is 10.0 Å². The third-order valence-corrected chi connectivity index (χ3v) is 7.18. The minimum Gasteiger partial charge on any atom is -0.346 e. The highest BCUT2D eigenvalue weighted by Crippen LogP contribution is 2.22. The van der Waals surface area contributed by atoms with Gasteiger partial charge in [0.1, 0.15) is 4.21 Å². The van der Waals surface area contributed by atoms with E-state index in [4.69, 9.17) is 0 Å². The number of rotatable bonds is 6. The molecule has 1 heterocycles. The lowest BCUT2D eigenvalue weighted by Crippen LogP contribution is -2.27. The predicted molar refractivity (Wildman–Crippen MR) is 113 cm³/mol. The molecule has 0 fully saturated rings. The van der Waals surface area contributed by atoms with Gasteiger partial charge in [-0.05, 0) is 67.6 Å². The predicted octanol–water partition coefficient (Wildman–Crippen LogP) is 4.66. The molecule has 0 bridgehead atoms. The van der Waals surface area contributed by atoms with Crippen LogP contribution in [0.25, 0.3) is 0 Å². The molecule has 0 saturated heterocycles. The van der Waals surface area contributed by atoms with Crippen molar-refractivity contribution in [3.05, 3.63) is 82.2 Å². The maximum absolute atomic E-state index is 12.5. The van der Waals surface area contributed by atoms with Crippen LogP contribution in [0.4, 0.5) is 5.69 Å². The number of amides is 1. The fourth-order valence-corrected chi connectivity index (χ4v) is 5.03. The summed E-state index contributed by atoms with van der Waals surface area (Å²) in [5.41, 5.74) is 4.26. The fourth-order valence-electron chi connectivity index (χ4n) is 2.98. The first-order valence-electron chi connectivity index (χ1n) is 8.80. The van der Waals surface area contributed by atoms with Gasteiger partial charge in [-0.2, -0.15) is 0 Å². The van der Waals surface area contributed by atoms with Gasteiger partial charge >= 0.3 is 0 Å². The maximum Gasteiger partial charge on any atom is 0.271 e. The van der Waals surface area contributed by atoms with E-state index in [1.165, 1.54) is 5.56 Å². The molecule has 0 radical (unpaired) electrons. The van der Waals surface area contributed by atoms with Crippen LogP contribution >= 0.6 is 11.3 Å². The van der Waals surface area contributed by atoms with Crippen molar-refractivity contribution in [2.45, 2.75) is 31.0 Å². The first-order chi connectivity index (χ1) is 13.3. The highest BCUT2D eigenvalue weighted by molar-refractivity contribution is 7.94.